The van der Waals surface area contributed by atoms with Gasteiger partial charge in [0, 0.05) is 42.2 Å². The number of aromatic nitrogens is 1. The lowest BCUT2D eigenvalue weighted by Crippen LogP contribution is -2.82. The van der Waals surface area contributed by atoms with Crippen molar-refractivity contribution < 1.29 is 10.1 Å². The van der Waals surface area contributed by atoms with Gasteiger partial charge in [0.15, 0.2) is 0 Å². The second kappa shape index (κ2) is 7.00. The van der Waals surface area contributed by atoms with E-state index in [-0.39, 0.29) is 12.3 Å². The molecule has 0 aliphatic carbocycles. The number of thioether (sulfide) groups is 1. The Hall–Kier alpha value is -1.08. The van der Waals surface area contributed by atoms with Gasteiger partial charge in [0.05, 0.1) is 0 Å². The van der Waals surface area contributed by atoms with E-state index in [1.54, 1.807) is 23.1 Å². The van der Waals surface area contributed by atoms with Crippen LogP contribution in [0, 0.1) is 6.92 Å². The number of rotatable bonds is 5. The van der Waals surface area contributed by atoms with Crippen LogP contribution in [0.2, 0.25) is 0 Å². The molecule has 1 saturated heterocycles. The largest absolute Gasteiger partial charge is 0.378 e. The minimum atomic E-state index is 0.125. The number of anilines is 1. The average molecular weight is 337 g/mol. The molecule has 6 heteroatoms. The van der Waals surface area contributed by atoms with Gasteiger partial charge >= 0.3 is 0 Å². The standard InChI is InChI=1S/C16H21N3OS2/c1-11-9-21-16(18-11)22-10-14-8-17-15(20-14)12-4-6-13(7-5-12)19(2)3/h4-7,9,14-15,17H,8,10H2,1-3H3/p+1/t14-,15+/m0/s1. The summed E-state index contributed by atoms with van der Waals surface area (Å²) in [7, 11) is 4.11. The van der Waals surface area contributed by atoms with Crippen molar-refractivity contribution in [3.05, 3.63) is 40.9 Å². The smallest absolute Gasteiger partial charge is 0.217 e. The molecule has 0 unspecified atom stereocenters. The van der Waals surface area contributed by atoms with Crippen LogP contribution in [0.3, 0.4) is 0 Å². The van der Waals surface area contributed by atoms with Gasteiger partial charge in [-0.25, -0.2) is 4.98 Å². The Kier molecular flexibility index (Phi) is 5.03. The van der Waals surface area contributed by atoms with Crippen LogP contribution < -0.4 is 10.2 Å². The van der Waals surface area contributed by atoms with Crippen LogP contribution in [0.25, 0.3) is 0 Å². The van der Waals surface area contributed by atoms with Crippen LogP contribution in [-0.4, -0.2) is 37.5 Å². The SMILES string of the molecule is Cc1csc(SC[C@@H]2C[NH2+][C@@H](c3ccc(N(C)C)cc3)O2)n1. The summed E-state index contributed by atoms with van der Waals surface area (Å²) in [5, 5.41) is 4.38. The second-order valence-electron chi connectivity index (χ2n) is 5.70. The molecule has 2 heterocycles. The van der Waals surface area contributed by atoms with E-state index in [1.165, 1.54) is 11.3 Å². The zero-order valence-electron chi connectivity index (χ0n) is 13.2. The number of quaternary nitrogens is 1. The first-order valence-corrected chi connectivity index (χ1v) is 9.29. The topological polar surface area (TPSA) is 42.0 Å². The number of hydrogen-bond donors (Lipinski definition) is 1. The molecule has 1 aromatic carbocycles. The number of thiazole rings is 1. The number of aryl methyl sites for hydroxylation is 1. The Morgan fingerprint density at radius 2 is 2.14 bits per heavy atom. The Morgan fingerprint density at radius 1 is 1.36 bits per heavy atom. The van der Waals surface area contributed by atoms with Crippen molar-refractivity contribution in [1.82, 2.24) is 4.98 Å². The summed E-state index contributed by atoms with van der Waals surface area (Å²) >= 11 is 3.51. The van der Waals surface area contributed by atoms with Gasteiger partial charge in [-0.15, -0.1) is 11.3 Å². The van der Waals surface area contributed by atoms with Gasteiger partial charge in [-0.1, -0.05) is 11.8 Å². The maximum Gasteiger partial charge on any atom is 0.217 e. The highest BCUT2D eigenvalue weighted by molar-refractivity contribution is 8.01. The molecule has 0 amide bonds. The third-order valence-electron chi connectivity index (χ3n) is 3.68. The molecule has 0 spiro atoms. The van der Waals surface area contributed by atoms with Crippen LogP contribution >= 0.6 is 23.1 Å². The van der Waals surface area contributed by atoms with E-state index >= 15 is 0 Å². The molecule has 2 N–H and O–H groups in total. The van der Waals surface area contributed by atoms with Crippen molar-refractivity contribution in [1.29, 1.82) is 0 Å². The molecule has 118 valence electrons. The fraction of sp³-hybridized carbons (Fsp3) is 0.438. The lowest BCUT2D eigenvalue weighted by Gasteiger charge is -2.14. The zero-order valence-corrected chi connectivity index (χ0v) is 14.8. The maximum absolute atomic E-state index is 6.16. The van der Waals surface area contributed by atoms with Gasteiger partial charge < -0.3 is 15.0 Å². The van der Waals surface area contributed by atoms with Gasteiger partial charge in [0.25, 0.3) is 0 Å². The number of ether oxygens (including phenoxy) is 1. The third kappa shape index (κ3) is 3.81. The molecule has 1 aliphatic heterocycles. The van der Waals surface area contributed by atoms with Gasteiger partial charge in [0.2, 0.25) is 6.23 Å². The molecule has 0 saturated carbocycles. The van der Waals surface area contributed by atoms with Crippen molar-refractivity contribution in [2.45, 2.75) is 23.6 Å². The fourth-order valence-electron chi connectivity index (χ4n) is 2.44. The first kappa shape index (κ1) is 15.8. The van der Waals surface area contributed by atoms with Gasteiger partial charge in [-0.3, -0.25) is 0 Å². The molecule has 2 atom stereocenters. The van der Waals surface area contributed by atoms with Gasteiger partial charge in [0.1, 0.15) is 17.0 Å². The van der Waals surface area contributed by atoms with E-state index in [2.05, 4.69) is 58.9 Å². The van der Waals surface area contributed by atoms with E-state index < -0.39 is 0 Å². The van der Waals surface area contributed by atoms with Crippen LogP contribution in [0.1, 0.15) is 17.5 Å². The van der Waals surface area contributed by atoms with Crippen LogP contribution in [-0.2, 0) is 4.74 Å². The summed E-state index contributed by atoms with van der Waals surface area (Å²) in [6.45, 7) is 3.05. The fourth-order valence-corrected chi connectivity index (χ4v) is 4.33. The van der Waals surface area contributed by atoms with Crippen LogP contribution in [0.5, 0.6) is 0 Å². The van der Waals surface area contributed by atoms with Crippen molar-refractivity contribution in [2.75, 3.05) is 31.3 Å². The lowest BCUT2D eigenvalue weighted by molar-refractivity contribution is -0.697. The van der Waals surface area contributed by atoms with Crippen LogP contribution in [0.4, 0.5) is 5.69 Å². The van der Waals surface area contributed by atoms with Crippen molar-refractivity contribution in [3.8, 4) is 0 Å². The normalized spacial score (nSPS) is 21.2. The quantitative estimate of drug-likeness (QED) is 0.851. The molecule has 2 aromatic rings. The summed E-state index contributed by atoms with van der Waals surface area (Å²) < 4.78 is 7.30. The number of nitrogens with two attached hydrogens (primary N) is 1. The summed E-state index contributed by atoms with van der Waals surface area (Å²) in [4.78, 5) is 6.60. The average Bonchev–Trinajstić information content (AvgIpc) is 3.14. The molecule has 1 aromatic heterocycles. The highest BCUT2D eigenvalue weighted by Gasteiger charge is 2.30. The monoisotopic (exact) mass is 336 g/mol. The lowest BCUT2D eigenvalue weighted by atomic mass is 10.2. The summed E-state index contributed by atoms with van der Waals surface area (Å²) in [5.41, 5.74) is 3.56. The Bertz CT molecular complexity index is 612. The van der Waals surface area contributed by atoms with Crippen molar-refractivity contribution in [2.24, 2.45) is 0 Å². The summed E-state index contributed by atoms with van der Waals surface area (Å²) in [6.07, 6.45) is 0.410. The molecule has 3 rings (SSSR count). The third-order valence-corrected chi connectivity index (χ3v) is 5.95. The predicted molar refractivity (Wildman–Crippen MR) is 92.8 cm³/mol. The van der Waals surface area contributed by atoms with E-state index in [9.17, 15) is 0 Å². The predicted octanol–water partition coefficient (Wildman–Crippen LogP) is 2.27. The van der Waals surface area contributed by atoms with Crippen molar-refractivity contribution in [3.63, 3.8) is 0 Å². The summed E-state index contributed by atoms with van der Waals surface area (Å²) in [5.74, 6) is 0.968. The van der Waals surface area contributed by atoms with E-state index in [4.69, 9.17) is 4.74 Å². The van der Waals surface area contributed by atoms with Crippen LogP contribution in [0.15, 0.2) is 34.0 Å². The van der Waals surface area contributed by atoms with Gasteiger partial charge in [-0.05, 0) is 31.2 Å². The molecule has 1 fully saturated rings. The van der Waals surface area contributed by atoms with E-state index in [1.807, 2.05) is 6.92 Å². The molecular weight excluding hydrogens is 314 g/mol. The highest BCUT2D eigenvalue weighted by Crippen LogP contribution is 2.26. The molecule has 0 radical (unpaired) electrons. The highest BCUT2D eigenvalue weighted by atomic mass is 32.2. The Morgan fingerprint density at radius 3 is 2.77 bits per heavy atom. The molecule has 22 heavy (non-hydrogen) atoms. The van der Waals surface area contributed by atoms with Crippen molar-refractivity contribution >= 4 is 28.8 Å². The molecule has 0 bridgehead atoms. The maximum atomic E-state index is 6.16. The summed E-state index contributed by atoms with van der Waals surface area (Å²) in [6, 6.07) is 8.62. The Labute approximate surface area is 139 Å². The van der Waals surface area contributed by atoms with E-state index in [0.717, 1.165) is 22.3 Å². The molecule has 1 aliphatic rings. The number of nitrogens with zero attached hydrogens (tertiary/aromatic N) is 2. The molecular formula is C16H22N3OS2+. The van der Waals surface area contributed by atoms with E-state index in [0.29, 0.717) is 0 Å². The minimum Gasteiger partial charge on any atom is -0.378 e. The first-order chi connectivity index (χ1) is 10.6. The number of hydrogen-bond acceptors (Lipinski definition) is 5. The minimum absolute atomic E-state index is 0.125. The van der Waals surface area contributed by atoms with Gasteiger partial charge in [-0.2, -0.15) is 0 Å². The first-order valence-electron chi connectivity index (χ1n) is 7.43. The Balaban J connectivity index is 1.53. The second-order valence-corrected chi connectivity index (χ2v) is 7.83. The zero-order chi connectivity index (χ0) is 15.5. The molecule has 4 nitrogen and oxygen atoms in total. The number of benzene rings is 1.